The molecular formula is C33H32F3N3O5S2. The van der Waals surface area contributed by atoms with Gasteiger partial charge in [-0.15, -0.1) is 11.3 Å². The number of alkyl halides is 3. The number of aliphatic hydroxyl groups excluding tert-OH is 1. The van der Waals surface area contributed by atoms with Crippen LogP contribution in [-0.4, -0.2) is 57.4 Å². The van der Waals surface area contributed by atoms with Crippen LogP contribution in [0.25, 0.3) is 10.2 Å². The summed E-state index contributed by atoms with van der Waals surface area (Å²) in [6.45, 7) is 1.90. The fourth-order valence-corrected chi connectivity index (χ4v) is 8.03. The minimum atomic E-state index is -5.04. The number of para-hydroxylation sites is 1. The summed E-state index contributed by atoms with van der Waals surface area (Å²) in [7, 11) is 0. The average molecular weight is 672 g/mol. The van der Waals surface area contributed by atoms with Crippen molar-refractivity contribution in [2.45, 2.75) is 61.4 Å². The van der Waals surface area contributed by atoms with Crippen LogP contribution in [0.5, 0.6) is 0 Å². The maximum atomic E-state index is 13.0. The lowest BCUT2D eigenvalue weighted by Gasteiger charge is -2.41. The molecule has 0 aliphatic carbocycles. The van der Waals surface area contributed by atoms with Crippen molar-refractivity contribution in [1.29, 1.82) is 0 Å². The zero-order chi connectivity index (χ0) is 32.4. The predicted octanol–water partition coefficient (Wildman–Crippen LogP) is 6.86. The standard InChI is InChI=1S/C33H32F3N3O5S2/c1-19-26(18-45-32-38-24-5-2-3-7-27(24)46-32)43-30(44-28(19)21-10-8-20(17-40)9-11-21)22-12-14-23(15-13-22)37-29(41)25-6-4-16-39(25)31(42)33(34,35)36/h2-3,5,7-15,19,25-26,28,30,40H,4,6,16-18H2,1H3,(H,37,41)/t19-,25-,26+,28+,30+/m0/s1. The molecule has 2 aliphatic rings. The van der Waals surface area contributed by atoms with Gasteiger partial charge in [0.25, 0.3) is 0 Å². The molecule has 0 spiro atoms. The van der Waals surface area contributed by atoms with Gasteiger partial charge in [0.15, 0.2) is 10.6 Å². The van der Waals surface area contributed by atoms with E-state index in [1.54, 1.807) is 47.4 Å². The lowest BCUT2D eigenvalue weighted by molar-refractivity contribution is -0.268. The summed E-state index contributed by atoms with van der Waals surface area (Å²) in [5.74, 6) is -2.06. The van der Waals surface area contributed by atoms with Gasteiger partial charge in [-0.05, 0) is 48.2 Å². The van der Waals surface area contributed by atoms with Crippen LogP contribution >= 0.6 is 23.1 Å². The number of ether oxygens (including phenoxy) is 2. The monoisotopic (exact) mass is 671 g/mol. The van der Waals surface area contributed by atoms with E-state index in [1.807, 2.05) is 48.5 Å². The molecule has 2 fully saturated rings. The zero-order valence-electron chi connectivity index (χ0n) is 24.8. The number of thioether (sulfide) groups is 1. The highest BCUT2D eigenvalue weighted by atomic mass is 32.2. The molecule has 0 unspecified atom stereocenters. The number of carbonyl (C=O) groups is 2. The van der Waals surface area contributed by atoms with Gasteiger partial charge in [0.05, 0.1) is 29.0 Å². The number of amides is 2. The van der Waals surface area contributed by atoms with Gasteiger partial charge >= 0.3 is 12.1 Å². The second-order valence-corrected chi connectivity index (χ2v) is 13.6. The molecule has 3 aromatic carbocycles. The van der Waals surface area contributed by atoms with Gasteiger partial charge in [0, 0.05) is 29.5 Å². The first-order valence-corrected chi connectivity index (χ1v) is 16.7. The highest BCUT2D eigenvalue weighted by Gasteiger charge is 2.47. The van der Waals surface area contributed by atoms with E-state index in [-0.39, 0.29) is 37.7 Å². The van der Waals surface area contributed by atoms with Crippen molar-refractivity contribution in [2.24, 2.45) is 5.92 Å². The quantitative estimate of drug-likeness (QED) is 0.197. The lowest BCUT2D eigenvalue weighted by atomic mass is 9.91. The minimum absolute atomic E-state index is 0.0227. The molecule has 0 saturated carbocycles. The van der Waals surface area contributed by atoms with Crippen LogP contribution in [0.2, 0.25) is 0 Å². The van der Waals surface area contributed by atoms with Crippen molar-refractivity contribution < 1.29 is 37.3 Å². The third-order valence-corrected chi connectivity index (χ3v) is 10.5. The van der Waals surface area contributed by atoms with E-state index < -0.39 is 30.3 Å². The number of fused-ring (bicyclic) bond motifs is 1. The van der Waals surface area contributed by atoms with Crippen LogP contribution in [0.1, 0.15) is 48.8 Å². The van der Waals surface area contributed by atoms with Gasteiger partial charge in [-0.25, -0.2) is 4.98 Å². The number of likely N-dealkylation sites (tertiary alicyclic amines) is 1. The van der Waals surface area contributed by atoms with Crippen LogP contribution in [0.3, 0.4) is 0 Å². The fraction of sp³-hybridized carbons (Fsp3) is 0.364. The van der Waals surface area contributed by atoms with Crippen LogP contribution in [0, 0.1) is 5.92 Å². The molecule has 0 bridgehead atoms. The molecule has 0 radical (unpaired) electrons. The number of nitrogens with one attached hydrogen (secondary N) is 1. The number of thiazole rings is 1. The van der Waals surface area contributed by atoms with Crippen molar-refractivity contribution in [2.75, 3.05) is 17.6 Å². The third-order valence-electron chi connectivity index (χ3n) is 8.28. The Balaban J connectivity index is 1.18. The Morgan fingerprint density at radius 1 is 1.04 bits per heavy atom. The Bertz CT molecular complexity index is 1650. The number of carbonyl (C=O) groups excluding carboxylic acids is 2. The smallest absolute Gasteiger partial charge is 0.392 e. The zero-order valence-corrected chi connectivity index (χ0v) is 26.4. The molecule has 2 N–H and O–H groups in total. The Kier molecular flexibility index (Phi) is 9.67. The first-order valence-electron chi connectivity index (χ1n) is 14.9. The van der Waals surface area contributed by atoms with Crippen LogP contribution < -0.4 is 5.32 Å². The van der Waals surface area contributed by atoms with E-state index in [1.165, 1.54) is 0 Å². The maximum Gasteiger partial charge on any atom is 0.471 e. The van der Waals surface area contributed by atoms with Crippen LogP contribution in [-0.2, 0) is 25.7 Å². The Labute approximate surface area is 271 Å². The molecular weight excluding hydrogens is 640 g/mol. The molecule has 4 aromatic rings. The van der Waals surface area contributed by atoms with E-state index in [0.29, 0.717) is 28.3 Å². The number of hydrogen-bond donors (Lipinski definition) is 2. The van der Waals surface area contributed by atoms with Gasteiger partial charge in [0.2, 0.25) is 5.91 Å². The van der Waals surface area contributed by atoms with Crippen LogP contribution in [0.4, 0.5) is 18.9 Å². The first-order chi connectivity index (χ1) is 22.1. The van der Waals surface area contributed by atoms with Crippen molar-refractivity contribution in [1.82, 2.24) is 9.88 Å². The molecule has 2 saturated heterocycles. The summed E-state index contributed by atoms with van der Waals surface area (Å²) >= 11 is 3.26. The van der Waals surface area contributed by atoms with Gasteiger partial charge < -0.3 is 24.8 Å². The first kappa shape index (κ1) is 32.5. The van der Waals surface area contributed by atoms with Crippen molar-refractivity contribution in [3.63, 3.8) is 0 Å². The minimum Gasteiger partial charge on any atom is -0.392 e. The summed E-state index contributed by atoms with van der Waals surface area (Å²) in [6, 6.07) is 21.2. The highest BCUT2D eigenvalue weighted by molar-refractivity contribution is 8.01. The summed E-state index contributed by atoms with van der Waals surface area (Å²) in [5.41, 5.74) is 3.78. The molecule has 2 aliphatic heterocycles. The van der Waals surface area contributed by atoms with Gasteiger partial charge in [-0.3, -0.25) is 9.59 Å². The van der Waals surface area contributed by atoms with E-state index in [4.69, 9.17) is 14.5 Å². The van der Waals surface area contributed by atoms with Crippen molar-refractivity contribution >= 4 is 50.8 Å². The average Bonchev–Trinajstić information content (AvgIpc) is 3.71. The molecule has 242 valence electrons. The Hall–Kier alpha value is -3.49. The number of aliphatic hydroxyl groups is 1. The van der Waals surface area contributed by atoms with Gasteiger partial charge in [0.1, 0.15) is 6.04 Å². The topological polar surface area (TPSA) is 101 Å². The molecule has 2 amide bonds. The fourth-order valence-electron chi connectivity index (χ4n) is 5.77. The second kappa shape index (κ2) is 13.7. The lowest BCUT2D eigenvalue weighted by Crippen LogP contribution is -2.48. The SMILES string of the molecule is C[C@H]1[C@@H](CSc2nc3ccccc3s2)O[C@@H](c2ccc(NC(=O)[C@@H]3CCCN3C(=O)C(F)(F)F)cc2)O[C@H]1c1ccc(CO)cc1. The molecule has 6 rings (SSSR count). The second-order valence-electron chi connectivity index (χ2n) is 11.3. The molecule has 8 nitrogen and oxygen atoms in total. The molecule has 1 aromatic heterocycles. The maximum absolute atomic E-state index is 13.0. The summed E-state index contributed by atoms with van der Waals surface area (Å²) in [6.07, 6.45) is -5.82. The number of aromatic nitrogens is 1. The largest absolute Gasteiger partial charge is 0.471 e. The summed E-state index contributed by atoms with van der Waals surface area (Å²) < 4.78 is 54.2. The normalized spacial score (nSPS) is 23.5. The van der Waals surface area contributed by atoms with Gasteiger partial charge in [-0.1, -0.05) is 67.2 Å². The Morgan fingerprint density at radius 3 is 2.46 bits per heavy atom. The van der Waals surface area contributed by atoms with E-state index >= 15 is 0 Å². The van der Waals surface area contributed by atoms with Gasteiger partial charge in [-0.2, -0.15) is 13.2 Å². The Morgan fingerprint density at radius 2 is 1.76 bits per heavy atom. The number of anilines is 1. The van der Waals surface area contributed by atoms with E-state index in [9.17, 15) is 27.9 Å². The van der Waals surface area contributed by atoms with Crippen LogP contribution in [0.15, 0.2) is 77.1 Å². The number of benzene rings is 3. The third kappa shape index (κ3) is 7.08. The summed E-state index contributed by atoms with van der Waals surface area (Å²) in [5, 5.41) is 12.2. The molecule has 13 heteroatoms. The predicted molar refractivity (Wildman–Crippen MR) is 169 cm³/mol. The number of halogens is 3. The van der Waals surface area contributed by atoms with Crippen molar-refractivity contribution in [3.05, 3.63) is 89.5 Å². The van der Waals surface area contributed by atoms with Crippen molar-refractivity contribution in [3.8, 4) is 0 Å². The summed E-state index contributed by atoms with van der Waals surface area (Å²) in [4.78, 5) is 30.0. The van der Waals surface area contributed by atoms with E-state index in [0.717, 1.165) is 25.7 Å². The number of rotatable bonds is 8. The molecule has 3 heterocycles. The van der Waals surface area contributed by atoms with E-state index in [2.05, 4.69) is 12.2 Å². The molecule has 46 heavy (non-hydrogen) atoms. The number of nitrogens with zero attached hydrogens (tertiary/aromatic N) is 2. The molecule has 5 atom stereocenters. The highest BCUT2D eigenvalue weighted by Crippen LogP contribution is 2.43. The number of hydrogen-bond acceptors (Lipinski definition) is 8.